The lowest BCUT2D eigenvalue weighted by atomic mass is 10.0. The Bertz CT molecular complexity index is 559. The van der Waals surface area contributed by atoms with Gasteiger partial charge in [0.1, 0.15) is 0 Å². The van der Waals surface area contributed by atoms with Crippen molar-refractivity contribution in [3.05, 3.63) is 46.2 Å². The summed E-state index contributed by atoms with van der Waals surface area (Å²) in [5.41, 5.74) is 3.41. The van der Waals surface area contributed by atoms with E-state index in [1.165, 1.54) is 0 Å². The molecule has 4 nitrogen and oxygen atoms in total. The number of benzene rings is 1. The van der Waals surface area contributed by atoms with E-state index in [1.807, 2.05) is 23.0 Å². The number of nitrogens with one attached hydrogen (secondary N) is 1. The van der Waals surface area contributed by atoms with Crippen LogP contribution in [-0.4, -0.2) is 21.5 Å². The van der Waals surface area contributed by atoms with E-state index in [-0.39, 0.29) is 6.04 Å². The van der Waals surface area contributed by atoms with Crippen LogP contribution in [0.4, 0.5) is 0 Å². The molecule has 0 saturated heterocycles. The molecule has 1 aromatic carbocycles. The quantitative estimate of drug-likeness (QED) is 0.847. The molecule has 1 N–H and O–H groups in total. The van der Waals surface area contributed by atoms with Gasteiger partial charge in [0.15, 0.2) is 0 Å². The van der Waals surface area contributed by atoms with Gasteiger partial charge in [0.25, 0.3) is 0 Å². The summed E-state index contributed by atoms with van der Waals surface area (Å²) < 4.78 is 1.98. The van der Waals surface area contributed by atoms with E-state index in [0.29, 0.717) is 0 Å². The average molecular weight is 307 g/mol. The molecule has 0 aliphatic rings. The standard InChI is InChI=1S/C16H23ClN4/c1-4-6-18-16(13-8-12(3)9-14(17)10-13)15-11-19-20-21(15)7-5-2/h8-11,16,18H,4-7H2,1-3H3. The van der Waals surface area contributed by atoms with Crippen LogP contribution in [0.15, 0.2) is 24.4 Å². The normalized spacial score (nSPS) is 12.6. The van der Waals surface area contributed by atoms with Crippen molar-refractivity contribution < 1.29 is 0 Å². The van der Waals surface area contributed by atoms with Crippen LogP contribution in [0.2, 0.25) is 5.02 Å². The zero-order chi connectivity index (χ0) is 15.2. The molecule has 1 unspecified atom stereocenters. The Morgan fingerprint density at radius 3 is 2.71 bits per heavy atom. The van der Waals surface area contributed by atoms with Gasteiger partial charge in [-0.25, -0.2) is 4.68 Å². The Kier molecular flexibility index (Phi) is 5.76. The summed E-state index contributed by atoms with van der Waals surface area (Å²) in [6.07, 6.45) is 3.95. The van der Waals surface area contributed by atoms with Crippen molar-refractivity contribution in [1.29, 1.82) is 0 Å². The van der Waals surface area contributed by atoms with Crippen LogP contribution >= 0.6 is 11.6 Å². The lowest BCUT2D eigenvalue weighted by Gasteiger charge is -2.20. The molecule has 0 aliphatic heterocycles. The number of halogens is 1. The van der Waals surface area contributed by atoms with Gasteiger partial charge in [0.2, 0.25) is 0 Å². The summed E-state index contributed by atoms with van der Waals surface area (Å²) >= 11 is 6.22. The molecule has 1 atom stereocenters. The summed E-state index contributed by atoms with van der Waals surface area (Å²) in [6.45, 7) is 8.18. The molecule has 0 radical (unpaired) electrons. The number of aromatic nitrogens is 3. The largest absolute Gasteiger partial charge is 0.305 e. The second kappa shape index (κ2) is 7.57. The monoisotopic (exact) mass is 306 g/mol. The smallest absolute Gasteiger partial charge is 0.0802 e. The van der Waals surface area contributed by atoms with Gasteiger partial charge in [-0.05, 0) is 49.6 Å². The fourth-order valence-corrected chi connectivity index (χ4v) is 2.79. The van der Waals surface area contributed by atoms with Crippen LogP contribution in [-0.2, 0) is 6.54 Å². The molecule has 0 bridgehead atoms. The van der Waals surface area contributed by atoms with E-state index in [1.54, 1.807) is 0 Å². The highest BCUT2D eigenvalue weighted by molar-refractivity contribution is 6.30. The second-order valence-corrected chi connectivity index (χ2v) is 5.77. The van der Waals surface area contributed by atoms with Crippen LogP contribution in [0.5, 0.6) is 0 Å². The highest BCUT2D eigenvalue weighted by Gasteiger charge is 2.19. The van der Waals surface area contributed by atoms with Crippen molar-refractivity contribution in [3.8, 4) is 0 Å². The fourth-order valence-electron chi connectivity index (χ4n) is 2.49. The van der Waals surface area contributed by atoms with Crippen molar-refractivity contribution in [2.45, 2.75) is 46.2 Å². The van der Waals surface area contributed by atoms with Crippen LogP contribution < -0.4 is 5.32 Å². The molecule has 2 rings (SSSR count). The third-order valence-corrected chi connectivity index (χ3v) is 3.59. The Labute approximate surface area is 131 Å². The van der Waals surface area contributed by atoms with Crippen molar-refractivity contribution in [1.82, 2.24) is 20.3 Å². The Morgan fingerprint density at radius 1 is 1.24 bits per heavy atom. The molecule has 5 heteroatoms. The van der Waals surface area contributed by atoms with Gasteiger partial charge in [-0.1, -0.05) is 36.7 Å². The number of nitrogens with zero attached hydrogens (tertiary/aromatic N) is 3. The van der Waals surface area contributed by atoms with Crippen molar-refractivity contribution in [3.63, 3.8) is 0 Å². The van der Waals surface area contributed by atoms with Crippen molar-refractivity contribution in [2.75, 3.05) is 6.54 Å². The molecule has 2 aromatic rings. The highest BCUT2D eigenvalue weighted by Crippen LogP contribution is 2.25. The maximum Gasteiger partial charge on any atom is 0.0802 e. The summed E-state index contributed by atoms with van der Waals surface area (Å²) in [7, 11) is 0. The van der Waals surface area contributed by atoms with Gasteiger partial charge in [-0.2, -0.15) is 0 Å². The molecule has 114 valence electrons. The maximum absolute atomic E-state index is 6.22. The van der Waals surface area contributed by atoms with E-state index in [0.717, 1.165) is 47.8 Å². The predicted molar refractivity (Wildman–Crippen MR) is 86.6 cm³/mol. The summed E-state index contributed by atoms with van der Waals surface area (Å²) in [5, 5.41) is 12.6. The molecule has 21 heavy (non-hydrogen) atoms. The summed E-state index contributed by atoms with van der Waals surface area (Å²) in [4.78, 5) is 0. The number of hydrogen-bond donors (Lipinski definition) is 1. The molecule has 1 aromatic heterocycles. The van der Waals surface area contributed by atoms with Crippen LogP contribution in [0.3, 0.4) is 0 Å². The van der Waals surface area contributed by atoms with E-state index >= 15 is 0 Å². The second-order valence-electron chi connectivity index (χ2n) is 5.33. The topological polar surface area (TPSA) is 42.7 Å². The van der Waals surface area contributed by atoms with E-state index in [2.05, 4.69) is 42.5 Å². The predicted octanol–water partition coefficient (Wildman–Crippen LogP) is 3.74. The summed E-state index contributed by atoms with van der Waals surface area (Å²) in [5.74, 6) is 0. The first-order valence-corrected chi connectivity index (χ1v) is 7.92. The SMILES string of the molecule is CCCNC(c1cc(C)cc(Cl)c1)c1cnnn1CCC. The first-order chi connectivity index (χ1) is 10.2. The molecule has 1 heterocycles. The Hall–Kier alpha value is -1.39. The van der Waals surface area contributed by atoms with Gasteiger partial charge >= 0.3 is 0 Å². The highest BCUT2D eigenvalue weighted by atomic mass is 35.5. The molecule has 0 amide bonds. The zero-order valence-electron chi connectivity index (χ0n) is 12.9. The Balaban J connectivity index is 2.39. The van der Waals surface area contributed by atoms with Gasteiger partial charge < -0.3 is 5.32 Å². The third-order valence-electron chi connectivity index (χ3n) is 3.38. The van der Waals surface area contributed by atoms with Crippen molar-refractivity contribution in [2.24, 2.45) is 0 Å². The Morgan fingerprint density at radius 2 is 2.05 bits per heavy atom. The average Bonchev–Trinajstić information content (AvgIpc) is 2.87. The summed E-state index contributed by atoms with van der Waals surface area (Å²) in [6, 6.07) is 6.24. The number of aryl methyl sites for hydroxylation is 2. The minimum absolute atomic E-state index is 0.0731. The van der Waals surface area contributed by atoms with Gasteiger partial charge in [0, 0.05) is 11.6 Å². The molecular formula is C16H23ClN4. The molecule has 0 fully saturated rings. The van der Waals surface area contributed by atoms with Crippen molar-refractivity contribution >= 4 is 11.6 Å². The molecular weight excluding hydrogens is 284 g/mol. The van der Waals surface area contributed by atoms with Gasteiger partial charge in [-0.3, -0.25) is 0 Å². The number of rotatable bonds is 7. The minimum Gasteiger partial charge on any atom is -0.305 e. The first kappa shape index (κ1) is 16.0. The van der Waals surface area contributed by atoms with Crippen LogP contribution in [0.1, 0.15) is 49.6 Å². The van der Waals surface area contributed by atoms with E-state index < -0.39 is 0 Å². The number of hydrogen-bond acceptors (Lipinski definition) is 3. The molecule has 0 aliphatic carbocycles. The molecule has 0 spiro atoms. The molecule has 0 saturated carbocycles. The third kappa shape index (κ3) is 4.05. The first-order valence-electron chi connectivity index (χ1n) is 7.54. The lowest BCUT2D eigenvalue weighted by Crippen LogP contribution is -2.26. The van der Waals surface area contributed by atoms with Crippen LogP contribution in [0, 0.1) is 6.92 Å². The van der Waals surface area contributed by atoms with Crippen LogP contribution in [0.25, 0.3) is 0 Å². The van der Waals surface area contributed by atoms with Gasteiger partial charge in [0.05, 0.1) is 17.9 Å². The van der Waals surface area contributed by atoms with E-state index in [9.17, 15) is 0 Å². The zero-order valence-corrected chi connectivity index (χ0v) is 13.7. The lowest BCUT2D eigenvalue weighted by molar-refractivity contribution is 0.504. The fraction of sp³-hybridized carbons (Fsp3) is 0.500. The van der Waals surface area contributed by atoms with E-state index in [4.69, 9.17) is 11.6 Å². The minimum atomic E-state index is 0.0731. The maximum atomic E-state index is 6.22. The van der Waals surface area contributed by atoms with Gasteiger partial charge in [-0.15, -0.1) is 5.10 Å².